The molecule has 4 heterocycles. The molecule has 0 atom stereocenters. The summed E-state index contributed by atoms with van der Waals surface area (Å²) in [7, 11) is 1.70. The lowest BCUT2D eigenvalue weighted by Gasteiger charge is -2.24. The summed E-state index contributed by atoms with van der Waals surface area (Å²) in [5.41, 5.74) is 3.74. The van der Waals surface area contributed by atoms with Crippen molar-refractivity contribution in [1.82, 2.24) is 19.4 Å². The van der Waals surface area contributed by atoms with Crippen LogP contribution in [0.5, 0.6) is 0 Å². The second kappa shape index (κ2) is 6.12. The van der Waals surface area contributed by atoms with Crippen LogP contribution in [0, 0.1) is 0 Å². The number of H-pyrrole nitrogens is 1. The molecule has 0 spiro atoms. The van der Waals surface area contributed by atoms with Gasteiger partial charge in [-0.05, 0) is 45.0 Å². The van der Waals surface area contributed by atoms with Gasteiger partial charge in [0.05, 0.1) is 17.6 Å². The van der Waals surface area contributed by atoms with Crippen molar-refractivity contribution in [3.8, 4) is 11.3 Å². The number of fused-ring (bicyclic) bond motifs is 2. The Kier molecular flexibility index (Phi) is 3.87. The van der Waals surface area contributed by atoms with Crippen LogP contribution in [0.1, 0.15) is 20.8 Å². The van der Waals surface area contributed by atoms with Crippen LogP contribution in [0.2, 0.25) is 0 Å². The van der Waals surface area contributed by atoms with Crippen molar-refractivity contribution in [2.45, 2.75) is 26.4 Å². The van der Waals surface area contributed by atoms with Crippen LogP contribution >= 0.6 is 0 Å². The standard InChI is InChI=1S/C20H21N5O2/c1-20(2,3)27-19(26)24(4)13-5-6-17-23-11-16(25(17)12-13)14-7-9-21-18-15(14)8-10-22-18/h5-12H,1-4H3,(H,21,22). The number of pyridine rings is 2. The Morgan fingerprint density at radius 2 is 2.00 bits per heavy atom. The summed E-state index contributed by atoms with van der Waals surface area (Å²) < 4.78 is 7.43. The second-order valence-corrected chi connectivity index (χ2v) is 7.40. The number of imidazole rings is 1. The average Bonchev–Trinajstić information content (AvgIpc) is 3.25. The van der Waals surface area contributed by atoms with Gasteiger partial charge in [-0.2, -0.15) is 0 Å². The second-order valence-electron chi connectivity index (χ2n) is 7.40. The molecular weight excluding hydrogens is 342 g/mol. The summed E-state index contributed by atoms with van der Waals surface area (Å²) in [5, 5.41) is 1.02. The molecule has 0 aliphatic rings. The zero-order valence-electron chi connectivity index (χ0n) is 15.7. The lowest BCUT2D eigenvalue weighted by Crippen LogP contribution is -2.34. The van der Waals surface area contributed by atoms with Crippen molar-refractivity contribution in [3.63, 3.8) is 0 Å². The molecule has 0 saturated carbocycles. The highest BCUT2D eigenvalue weighted by Gasteiger charge is 2.21. The van der Waals surface area contributed by atoms with E-state index in [9.17, 15) is 4.79 Å². The van der Waals surface area contributed by atoms with Crippen LogP contribution in [-0.2, 0) is 4.74 Å². The fourth-order valence-corrected chi connectivity index (χ4v) is 2.99. The van der Waals surface area contributed by atoms with Crippen molar-refractivity contribution in [3.05, 3.63) is 49.1 Å². The highest BCUT2D eigenvalue weighted by molar-refractivity contribution is 5.92. The molecule has 0 unspecified atom stereocenters. The molecule has 27 heavy (non-hydrogen) atoms. The van der Waals surface area contributed by atoms with Crippen LogP contribution in [0.3, 0.4) is 0 Å². The van der Waals surface area contributed by atoms with Gasteiger partial charge in [0.15, 0.2) is 0 Å². The number of carbonyl (C=O) groups excluding carboxylic acids is 1. The Hall–Kier alpha value is -3.35. The number of anilines is 1. The highest BCUT2D eigenvalue weighted by Crippen LogP contribution is 2.29. The first-order chi connectivity index (χ1) is 12.8. The minimum atomic E-state index is -0.549. The Bertz CT molecular complexity index is 1140. The van der Waals surface area contributed by atoms with Gasteiger partial charge in [0, 0.05) is 36.6 Å². The third kappa shape index (κ3) is 3.12. The van der Waals surface area contributed by atoms with E-state index in [0.717, 1.165) is 33.6 Å². The molecule has 7 nitrogen and oxygen atoms in total. The summed E-state index contributed by atoms with van der Waals surface area (Å²) in [4.78, 5) is 25.8. The van der Waals surface area contributed by atoms with E-state index >= 15 is 0 Å². The molecule has 4 aromatic heterocycles. The van der Waals surface area contributed by atoms with Gasteiger partial charge in [-0.15, -0.1) is 0 Å². The summed E-state index contributed by atoms with van der Waals surface area (Å²) in [6, 6.07) is 7.70. The minimum Gasteiger partial charge on any atom is -0.443 e. The monoisotopic (exact) mass is 363 g/mol. The van der Waals surface area contributed by atoms with E-state index < -0.39 is 11.7 Å². The van der Waals surface area contributed by atoms with Crippen LogP contribution in [0.25, 0.3) is 27.9 Å². The van der Waals surface area contributed by atoms with Crippen molar-refractivity contribution in [1.29, 1.82) is 0 Å². The van der Waals surface area contributed by atoms with Gasteiger partial charge in [0.2, 0.25) is 0 Å². The van der Waals surface area contributed by atoms with Gasteiger partial charge < -0.3 is 9.72 Å². The summed E-state index contributed by atoms with van der Waals surface area (Å²) >= 11 is 0. The topological polar surface area (TPSA) is 75.5 Å². The lowest BCUT2D eigenvalue weighted by molar-refractivity contribution is 0.0589. The smallest absolute Gasteiger partial charge is 0.414 e. The molecule has 0 aliphatic heterocycles. The van der Waals surface area contributed by atoms with Crippen LogP contribution in [0.15, 0.2) is 49.1 Å². The number of nitrogens with one attached hydrogen (secondary N) is 1. The van der Waals surface area contributed by atoms with Crippen molar-refractivity contribution < 1.29 is 9.53 Å². The SMILES string of the molecule is CN(C(=O)OC(C)(C)C)c1ccc2ncc(-c3ccnc4[nH]ccc34)n2c1. The van der Waals surface area contributed by atoms with E-state index in [-0.39, 0.29) is 0 Å². The maximum atomic E-state index is 12.4. The third-order valence-electron chi connectivity index (χ3n) is 4.28. The molecule has 1 amide bonds. The number of hydrogen-bond donors (Lipinski definition) is 1. The van der Waals surface area contributed by atoms with Gasteiger partial charge in [0.1, 0.15) is 16.9 Å². The molecule has 0 aromatic carbocycles. The largest absolute Gasteiger partial charge is 0.443 e. The van der Waals surface area contributed by atoms with E-state index in [1.54, 1.807) is 13.2 Å². The fraction of sp³-hybridized carbons (Fsp3) is 0.250. The number of nitrogens with zero attached hydrogens (tertiary/aromatic N) is 4. The normalized spacial score (nSPS) is 11.9. The van der Waals surface area contributed by atoms with E-state index in [1.165, 1.54) is 4.90 Å². The lowest BCUT2D eigenvalue weighted by atomic mass is 10.1. The predicted molar refractivity (Wildman–Crippen MR) is 105 cm³/mol. The Morgan fingerprint density at radius 1 is 1.19 bits per heavy atom. The molecule has 0 radical (unpaired) electrons. The van der Waals surface area contributed by atoms with Crippen molar-refractivity contribution in [2.75, 3.05) is 11.9 Å². The zero-order valence-corrected chi connectivity index (χ0v) is 15.7. The van der Waals surface area contributed by atoms with Gasteiger partial charge in [-0.25, -0.2) is 14.8 Å². The van der Waals surface area contributed by atoms with E-state index in [0.29, 0.717) is 0 Å². The third-order valence-corrected chi connectivity index (χ3v) is 4.28. The Morgan fingerprint density at radius 3 is 2.78 bits per heavy atom. The maximum absolute atomic E-state index is 12.4. The van der Waals surface area contributed by atoms with Gasteiger partial charge in [-0.1, -0.05) is 0 Å². The van der Waals surface area contributed by atoms with Crippen LogP contribution < -0.4 is 4.90 Å². The quantitative estimate of drug-likeness (QED) is 0.578. The first-order valence-electron chi connectivity index (χ1n) is 8.70. The van der Waals surface area contributed by atoms with E-state index in [1.807, 2.05) is 68.0 Å². The maximum Gasteiger partial charge on any atom is 0.414 e. The number of hydrogen-bond acceptors (Lipinski definition) is 4. The molecule has 138 valence electrons. The number of carbonyl (C=O) groups is 1. The fourth-order valence-electron chi connectivity index (χ4n) is 2.99. The van der Waals surface area contributed by atoms with E-state index in [4.69, 9.17) is 4.74 Å². The predicted octanol–water partition coefficient (Wildman–Crippen LogP) is 4.25. The highest BCUT2D eigenvalue weighted by atomic mass is 16.6. The molecule has 0 aliphatic carbocycles. The molecular formula is C20H21N5O2. The number of aromatic nitrogens is 4. The summed E-state index contributed by atoms with van der Waals surface area (Å²) in [6.45, 7) is 5.55. The molecule has 4 aromatic rings. The molecule has 4 rings (SSSR count). The molecule has 0 saturated heterocycles. The van der Waals surface area contributed by atoms with E-state index in [2.05, 4.69) is 15.0 Å². The zero-order chi connectivity index (χ0) is 19.2. The molecule has 1 N–H and O–H groups in total. The Balaban J connectivity index is 1.78. The number of aromatic amines is 1. The number of ether oxygens (including phenoxy) is 1. The minimum absolute atomic E-state index is 0.402. The Labute approximate surface area is 156 Å². The first kappa shape index (κ1) is 17.1. The molecule has 0 fully saturated rings. The van der Waals surface area contributed by atoms with Crippen LogP contribution in [-0.4, -0.2) is 38.1 Å². The molecule has 0 bridgehead atoms. The number of rotatable bonds is 2. The summed E-state index contributed by atoms with van der Waals surface area (Å²) in [5.74, 6) is 0. The number of amides is 1. The van der Waals surface area contributed by atoms with Gasteiger partial charge in [-0.3, -0.25) is 9.30 Å². The van der Waals surface area contributed by atoms with Crippen molar-refractivity contribution in [2.24, 2.45) is 0 Å². The van der Waals surface area contributed by atoms with Gasteiger partial charge in [0.25, 0.3) is 0 Å². The molecule has 7 heteroatoms. The summed E-state index contributed by atoms with van der Waals surface area (Å²) in [6.07, 6.45) is 6.95. The van der Waals surface area contributed by atoms with Crippen LogP contribution in [0.4, 0.5) is 10.5 Å². The average molecular weight is 363 g/mol. The van der Waals surface area contributed by atoms with Crippen molar-refractivity contribution >= 4 is 28.5 Å². The van der Waals surface area contributed by atoms with Gasteiger partial charge >= 0.3 is 6.09 Å². The first-order valence-corrected chi connectivity index (χ1v) is 8.70.